The molecule has 1 N–H and O–H groups in total. The maximum atomic E-state index is 11.2. The Labute approximate surface area is 192 Å². The Morgan fingerprint density at radius 1 is 0.710 bits per heavy atom. The minimum atomic E-state index is 0.155. The molecule has 0 aliphatic heterocycles. The summed E-state index contributed by atoms with van der Waals surface area (Å²) in [7, 11) is 0.382. The third kappa shape index (κ3) is 5.58. The lowest BCUT2D eigenvalue weighted by Crippen LogP contribution is -2.12. The van der Waals surface area contributed by atoms with Crippen molar-refractivity contribution in [2.45, 2.75) is 25.0 Å². The number of phenols is 1. The molecule has 0 saturated heterocycles. The van der Waals surface area contributed by atoms with Crippen LogP contribution in [0.3, 0.4) is 0 Å². The van der Waals surface area contributed by atoms with Gasteiger partial charge in [-0.15, -0.1) is 0 Å². The lowest BCUT2D eigenvalue weighted by molar-refractivity contribution is 0.474. The molecule has 0 bridgehead atoms. The van der Waals surface area contributed by atoms with Gasteiger partial charge in [-0.1, -0.05) is 99.6 Å². The molecule has 0 aliphatic rings. The number of benzene rings is 4. The molecule has 31 heavy (non-hydrogen) atoms. The molecule has 0 spiro atoms. The molecule has 4 rings (SSSR count). The number of rotatable bonds is 7. The maximum absolute atomic E-state index is 11.2. The SMILES string of the molecule is CC(S)c1ccccc1Pc1cc(Cc2ccccc2)cc(Cc2ccccc2)c1O. The summed E-state index contributed by atoms with van der Waals surface area (Å²) in [6, 6.07) is 33.6. The Hall–Kier alpha value is -2.54. The lowest BCUT2D eigenvalue weighted by Gasteiger charge is -2.16. The normalized spacial score (nSPS) is 12.3. The number of thiol groups is 1. The van der Waals surface area contributed by atoms with Crippen LogP contribution in [0.15, 0.2) is 97.1 Å². The number of phenolic OH excluding ortho intramolecular Hbond substituents is 1. The van der Waals surface area contributed by atoms with Gasteiger partial charge in [0.15, 0.2) is 0 Å². The van der Waals surface area contributed by atoms with E-state index in [1.165, 1.54) is 27.6 Å². The Morgan fingerprint density at radius 2 is 1.29 bits per heavy atom. The monoisotopic (exact) mass is 442 g/mol. The van der Waals surface area contributed by atoms with Gasteiger partial charge in [-0.3, -0.25) is 0 Å². The second kappa shape index (κ2) is 10.2. The maximum Gasteiger partial charge on any atom is 0.126 e. The van der Waals surface area contributed by atoms with Crippen LogP contribution >= 0.6 is 21.2 Å². The second-order valence-corrected chi connectivity index (χ2v) is 9.97. The molecule has 4 aromatic rings. The fourth-order valence-corrected chi connectivity index (χ4v) is 5.66. The van der Waals surface area contributed by atoms with E-state index in [9.17, 15) is 5.11 Å². The standard InChI is InChI=1S/C28H27OPS/c1-20(31)25-14-8-9-15-26(25)30-27-19-23(16-21-10-4-2-5-11-21)18-24(28(27)29)17-22-12-6-3-7-13-22/h2-15,18-20,29-31H,16-17H2,1H3. The van der Waals surface area contributed by atoms with Crippen LogP contribution in [0.1, 0.15) is 40.0 Å². The zero-order valence-electron chi connectivity index (χ0n) is 17.6. The Balaban J connectivity index is 1.74. The molecule has 0 aliphatic carbocycles. The topological polar surface area (TPSA) is 20.2 Å². The molecule has 2 atom stereocenters. The first kappa shape index (κ1) is 21.7. The minimum absolute atomic E-state index is 0.155. The van der Waals surface area contributed by atoms with Crippen LogP contribution in [0.4, 0.5) is 0 Å². The minimum Gasteiger partial charge on any atom is -0.507 e. The highest BCUT2D eigenvalue weighted by molar-refractivity contribution is 7.80. The average molecular weight is 443 g/mol. The lowest BCUT2D eigenvalue weighted by atomic mass is 9.98. The van der Waals surface area contributed by atoms with Crippen molar-refractivity contribution >= 4 is 31.8 Å². The van der Waals surface area contributed by atoms with Gasteiger partial charge in [-0.2, -0.15) is 12.6 Å². The summed E-state index contributed by atoms with van der Waals surface area (Å²) >= 11 is 4.66. The van der Waals surface area contributed by atoms with E-state index in [0.29, 0.717) is 14.3 Å². The van der Waals surface area contributed by atoms with Crippen LogP contribution in [0.2, 0.25) is 0 Å². The van der Waals surface area contributed by atoms with Gasteiger partial charge in [0, 0.05) is 17.0 Å². The van der Waals surface area contributed by atoms with Gasteiger partial charge in [0.05, 0.1) is 0 Å². The molecule has 0 heterocycles. The van der Waals surface area contributed by atoms with E-state index in [1.807, 2.05) is 24.3 Å². The Bertz CT molecular complexity index is 1140. The van der Waals surface area contributed by atoms with E-state index >= 15 is 0 Å². The molecule has 3 heteroatoms. The molecule has 1 nitrogen and oxygen atoms in total. The number of hydrogen-bond acceptors (Lipinski definition) is 2. The van der Waals surface area contributed by atoms with Crippen molar-refractivity contribution in [1.82, 2.24) is 0 Å². The Morgan fingerprint density at radius 3 is 1.94 bits per heavy atom. The Kier molecular flexibility index (Phi) is 7.12. The van der Waals surface area contributed by atoms with Crippen molar-refractivity contribution in [2.24, 2.45) is 0 Å². The van der Waals surface area contributed by atoms with Crippen molar-refractivity contribution in [3.05, 3.63) is 125 Å². The summed E-state index contributed by atoms with van der Waals surface area (Å²) in [5.41, 5.74) is 5.92. The van der Waals surface area contributed by atoms with Crippen LogP contribution in [-0.2, 0) is 12.8 Å². The van der Waals surface area contributed by atoms with Gasteiger partial charge in [0.25, 0.3) is 0 Å². The van der Waals surface area contributed by atoms with Gasteiger partial charge in [-0.25, -0.2) is 0 Å². The van der Waals surface area contributed by atoms with Gasteiger partial charge in [0.2, 0.25) is 0 Å². The van der Waals surface area contributed by atoms with E-state index < -0.39 is 0 Å². The van der Waals surface area contributed by atoms with Gasteiger partial charge >= 0.3 is 0 Å². The average Bonchev–Trinajstić information content (AvgIpc) is 2.78. The van der Waals surface area contributed by atoms with Gasteiger partial charge in [0.1, 0.15) is 5.75 Å². The van der Waals surface area contributed by atoms with Gasteiger partial charge < -0.3 is 5.11 Å². The predicted octanol–water partition coefficient (Wildman–Crippen LogP) is 6.19. The zero-order valence-corrected chi connectivity index (χ0v) is 19.5. The number of aromatic hydroxyl groups is 1. The predicted molar refractivity (Wildman–Crippen MR) is 138 cm³/mol. The van der Waals surface area contributed by atoms with Crippen LogP contribution in [0, 0.1) is 0 Å². The van der Waals surface area contributed by atoms with Crippen molar-refractivity contribution in [3.63, 3.8) is 0 Å². The molecular formula is C28H27OPS. The van der Waals surface area contributed by atoms with E-state index in [1.54, 1.807) is 0 Å². The summed E-state index contributed by atoms with van der Waals surface area (Å²) in [4.78, 5) is 0. The fraction of sp³-hybridized carbons (Fsp3) is 0.143. The first-order chi connectivity index (χ1) is 15.1. The third-order valence-electron chi connectivity index (χ3n) is 5.42. The van der Waals surface area contributed by atoms with Crippen molar-refractivity contribution in [3.8, 4) is 5.75 Å². The van der Waals surface area contributed by atoms with E-state index in [2.05, 4.69) is 92.3 Å². The summed E-state index contributed by atoms with van der Waals surface area (Å²) in [6.07, 6.45) is 1.57. The van der Waals surface area contributed by atoms with Crippen molar-refractivity contribution < 1.29 is 5.11 Å². The third-order valence-corrected chi connectivity index (χ3v) is 7.07. The second-order valence-electron chi connectivity index (χ2n) is 7.86. The highest BCUT2D eigenvalue weighted by Gasteiger charge is 2.14. The summed E-state index contributed by atoms with van der Waals surface area (Å²) in [6.45, 7) is 2.10. The van der Waals surface area contributed by atoms with Crippen molar-refractivity contribution in [1.29, 1.82) is 0 Å². The molecule has 0 fully saturated rings. The van der Waals surface area contributed by atoms with Crippen LogP contribution in [0.25, 0.3) is 0 Å². The summed E-state index contributed by atoms with van der Waals surface area (Å²) in [5.74, 6) is 0.417. The number of hydrogen-bond donors (Lipinski definition) is 2. The molecule has 0 amide bonds. The van der Waals surface area contributed by atoms with Crippen LogP contribution in [-0.4, -0.2) is 5.11 Å². The van der Waals surface area contributed by atoms with Crippen molar-refractivity contribution in [2.75, 3.05) is 0 Å². The first-order valence-corrected chi connectivity index (χ1v) is 12.1. The van der Waals surface area contributed by atoms with E-state index in [-0.39, 0.29) is 5.25 Å². The molecule has 4 aromatic carbocycles. The largest absolute Gasteiger partial charge is 0.507 e. The van der Waals surface area contributed by atoms with Gasteiger partial charge in [-0.05, 0) is 52.5 Å². The summed E-state index contributed by atoms with van der Waals surface area (Å²) < 4.78 is 0. The molecule has 2 unspecified atom stereocenters. The van der Waals surface area contributed by atoms with Crippen LogP contribution < -0.4 is 10.6 Å². The molecular weight excluding hydrogens is 415 g/mol. The highest BCUT2D eigenvalue weighted by atomic mass is 32.1. The fourth-order valence-electron chi connectivity index (χ4n) is 3.86. The molecule has 0 aromatic heterocycles. The van der Waals surface area contributed by atoms with E-state index in [4.69, 9.17) is 0 Å². The highest BCUT2D eigenvalue weighted by Crippen LogP contribution is 2.30. The van der Waals surface area contributed by atoms with E-state index in [0.717, 1.165) is 23.7 Å². The smallest absolute Gasteiger partial charge is 0.126 e. The molecule has 0 radical (unpaired) electrons. The quantitative estimate of drug-likeness (QED) is 0.258. The first-order valence-electron chi connectivity index (χ1n) is 10.6. The van der Waals surface area contributed by atoms with Crippen LogP contribution in [0.5, 0.6) is 5.75 Å². The molecule has 0 saturated carbocycles. The summed E-state index contributed by atoms with van der Waals surface area (Å²) in [5, 5.41) is 13.6. The zero-order chi connectivity index (χ0) is 21.6. The molecule has 156 valence electrons.